The number of benzene rings is 1. The zero-order valence-corrected chi connectivity index (χ0v) is 16.7. The molecule has 0 spiro atoms. The molecule has 1 aromatic rings. The van der Waals surface area contributed by atoms with Crippen LogP contribution in [-0.4, -0.2) is 33.8 Å². The highest BCUT2D eigenvalue weighted by Gasteiger charge is 2.50. The summed E-state index contributed by atoms with van der Waals surface area (Å²) in [5.74, 6) is 4.51. The van der Waals surface area contributed by atoms with E-state index in [1.165, 1.54) is 38.5 Å². The Hall–Kier alpha value is -1.91. The maximum Gasteiger partial charge on any atom is 0.224 e. The van der Waals surface area contributed by atoms with Gasteiger partial charge in [-0.3, -0.25) is 4.79 Å². The Kier molecular flexibility index (Phi) is 4.95. The lowest BCUT2D eigenvalue weighted by atomic mass is 9.49. The van der Waals surface area contributed by atoms with Crippen LogP contribution in [0.5, 0.6) is 17.2 Å². The van der Waals surface area contributed by atoms with Gasteiger partial charge in [-0.05, 0) is 79.4 Å². The lowest BCUT2D eigenvalue weighted by Crippen LogP contribution is -2.51. The number of amides is 1. The molecule has 148 valence electrons. The van der Waals surface area contributed by atoms with Crippen molar-refractivity contribution >= 4 is 5.91 Å². The molecular formula is C22H31NO4. The van der Waals surface area contributed by atoms with Gasteiger partial charge in [0.05, 0.1) is 27.8 Å². The largest absolute Gasteiger partial charge is 0.493 e. The van der Waals surface area contributed by atoms with Crippen LogP contribution in [0, 0.1) is 23.2 Å². The van der Waals surface area contributed by atoms with Gasteiger partial charge in [0.1, 0.15) is 0 Å². The molecule has 0 unspecified atom stereocenters. The summed E-state index contributed by atoms with van der Waals surface area (Å²) in [6, 6.07) is 3.71. The van der Waals surface area contributed by atoms with Crippen molar-refractivity contribution in [3.63, 3.8) is 0 Å². The maximum absolute atomic E-state index is 12.6. The number of hydrogen-bond acceptors (Lipinski definition) is 4. The van der Waals surface area contributed by atoms with Crippen LogP contribution in [0.3, 0.4) is 0 Å². The van der Waals surface area contributed by atoms with Crippen molar-refractivity contribution in [2.24, 2.45) is 23.2 Å². The molecule has 4 saturated carbocycles. The molecule has 0 heterocycles. The molecule has 5 heteroatoms. The van der Waals surface area contributed by atoms with Crippen molar-refractivity contribution in [1.82, 2.24) is 5.32 Å². The lowest BCUT2D eigenvalue weighted by Gasteiger charge is -2.56. The first-order valence-electron chi connectivity index (χ1n) is 10.1. The quantitative estimate of drug-likeness (QED) is 0.794. The van der Waals surface area contributed by atoms with Crippen LogP contribution in [0.1, 0.15) is 44.1 Å². The molecular weight excluding hydrogens is 342 g/mol. The minimum absolute atomic E-state index is 0.0695. The Morgan fingerprint density at radius 1 is 0.963 bits per heavy atom. The minimum atomic E-state index is 0.0695. The Bertz CT molecular complexity index is 654. The predicted molar refractivity (Wildman–Crippen MR) is 103 cm³/mol. The molecule has 0 saturated heterocycles. The van der Waals surface area contributed by atoms with Crippen molar-refractivity contribution in [2.45, 2.75) is 44.9 Å². The zero-order chi connectivity index (χ0) is 19.0. The monoisotopic (exact) mass is 373 g/mol. The van der Waals surface area contributed by atoms with Crippen LogP contribution < -0.4 is 19.5 Å². The van der Waals surface area contributed by atoms with Crippen LogP contribution >= 0.6 is 0 Å². The number of rotatable bonds is 7. The first-order valence-corrected chi connectivity index (χ1v) is 10.1. The lowest BCUT2D eigenvalue weighted by molar-refractivity contribution is -0.122. The van der Waals surface area contributed by atoms with Gasteiger partial charge in [0, 0.05) is 6.54 Å². The highest BCUT2D eigenvalue weighted by molar-refractivity contribution is 5.79. The summed E-state index contributed by atoms with van der Waals surface area (Å²) in [6.45, 7) is 0.833. The van der Waals surface area contributed by atoms with E-state index in [9.17, 15) is 4.79 Å². The first kappa shape index (κ1) is 18.5. The third-order valence-electron chi connectivity index (χ3n) is 6.91. The van der Waals surface area contributed by atoms with Crippen molar-refractivity contribution in [1.29, 1.82) is 0 Å². The van der Waals surface area contributed by atoms with Crippen molar-refractivity contribution in [3.8, 4) is 17.2 Å². The van der Waals surface area contributed by atoms with Gasteiger partial charge in [-0.2, -0.15) is 0 Å². The fourth-order valence-corrected chi connectivity index (χ4v) is 6.28. The average molecular weight is 373 g/mol. The summed E-state index contributed by atoms with van der Waals surface area (Å²) >= 11 is 0. The zero-order valence-electron chi connectivity index (χ0n) is 16.7. The Morgan fingerprint density at radius 2 is 1.48 bits per heavy atom. The fraction of sp³-hybridized carbons (Fsp3) is 0.682. The molecule has 0 aliphatic heterocycles. The Balaban J connectivity index is 1.40. The third kappa shape index (κ3) is 3.61. The van der Waals surface area contributed by atoms with E-state index in [4.69, 9.17) is 14.2 Å². The molecule has 0 atom stereocenters. The highest BCUT2D eigenvalue weighted by atomic mass is 16.5. The molecule has 4 aliphatic carbocycles. The van der Waals surface area contributed by atoms with Gasteiger partial charge in [-0.25, -0.2) is 0 Å². The smallest absolute Gasteiger partial charge is 0.224 e. The fourth-order valence-electron chi connectivity index (χ4n) is 6.28. The summed E-state index contributed by atoms with van der Waals surface area (Å²) in [7, 11) is 4.76. The van der Waals surface area contributed by atoms with Gasteiger partial charge >= 0.3 is 0 Å². The second-order valence-corrected chi connectivity index (χ2v) is 8.90. The Morgan fingerprint density at radius 3 is 1.93 bits per heavy atom. The van der Waals surface area contributed by atoms with Crippen molar-refractivity contribution in [3.05, 3.63) is 17.7 Å². The number of ether oxygens (including phenoxy) is 3. The van der Waals surface area contributed by atoms with Crippen LogP contribution in [0.15, 0.2) is 12.1 Å². The number of methoxy groups -OCH3 is 3. The second-order valence-electron chi connectivity index (χ2n) is 8.90. The van der Waals surface area contributed by atoms with E-state index in [-0.39, 0.29) is 5.91 Å². The van der Waals surface area contributed by atoms with Gasteiger partial charge < -0.3 is 19.5 Å². The normalized spacial score (nSPS) is 30.9. The van der Waals surface area contributed by atoms with Gasteiger partial charge in [-0.1, -0.05) is 0 Å². The molecule has 1 aromatic carbocycles. The molecule has 1 amide bonds. The third-order valence-corrected chi connectivity index (χ3v) is 6.91. The van der Waals surface area contributed by atoms with Gasteiger partial charge in [0.15, 0.2) is 11.5 Å². The maximum atomic E-state index is 12.6. The summed E-state index contributed by atoms with van der Waals surface area (Å²) in [4.78, 5) is 12.6. The van der Waals surface area contributed by atoms with Gasteiger partial charge in [0.25, 0.3) is 0 Å². The van der Waals surface area contributed by atoms with Crippen LogP contribution in [0.4, 0.5) is 0 Å². The molecule has 0 radical (unpaired) electrons. The van der Waals surface area contributed by atoms with Crippen LogP contribution in [0.2, 0.25) is 0 Å². The van der Waals surface area contributed by atoms with Gasteiger partial charge in [-0.15, -0.1) is 0 Å². The molecule has 1 N–H and O–H groups in total. The van der Waals surface area contributed by atoms with Crippen molar-refractivity contribution in [2.75, 3.05) is 27.9 Å². The van der Waals surface area contributed by atoms with E-state index in [0.29, 0.717) is 29.1 Å². The molecule has 4 bridgehead atoms. The van der Waals surface area contributed by atoms with E-state index < -0.39 is 0 Å². The van der Waals surface area contributed by atoms with E-state index in [1.54, 1.807) is 21.3 Å². The average Bonchev–Trinajstić information content (AvgIpc) is 2.64. The Labute approximate surface area is 161 Å². The second kappa shape index (κ2) is 7.25. The first-order chi connectivity index (χ1) is 13.0. The van der Waals surface area contributed by atoms with E-state index in [0.717, 1.165) is 29.9 Å². The molecule has 5 nitrogen and oxygen atoms in total. The molecule has 27 heavy (non-hydrogen) atoms. The van der Waals surface area contributed by atoms with Crippen LogP contribution in [-0.2, 0) is 11.2 Å². The number of hydrogen-bond donors (Lipinski definition) is 1. The van der Waals surface area contributed by atoms with E-state index in [2.05, 4.69) is 5.32 Å². The summed E-state index contributed by atoms with van der Waals surface area (Å²) < 4.78 is 16.1. The molecule has 4 aliphatic rings. The number of nitrogens with one attached hydrogen (secondary N) is 1. The minimum Gasteiger partial charge on any atom is -0.493 e. The molecule has 5 rings (SSSR count). The van der Waals surface area contributed by atoms with E-state index >= 15 is 0 Å². The summed E-state index contributed by atoms with van der Waals surface area (Å²) in [5, 5.41) is 3.24. The molecule has 4 fully saturated rings. The van der Waals surface area contributed by atoms with Gasteiger partial charge in [0.2, 0.25) is 11.7 Å². The summed E-state index contributed by atoms with van der Waals surface area (Å²) in [5.41, 5.74) is 1.23. The van der Waals surface area contributed by atoms with Crippen LogP contribution in [0.25, 0.3) is 0 Å². The summed E-state index contributed by atoms with van der Waals surface area (Å²) in [6.07, 6.45) is 8.54. The number of carbonyl (C=O) groups is 1. The highest BCUT2D eigenvalue weighted by Crippen LogP contribution is 2.59. The molecule has 0 aromatic heterocycles. The van der Waals surface area contributed by atoms with Crippen molar-refractivity contribution < 1.29 is 19.0 Å². The predicted octanol–water partition coefficient (Wildman–Crippen LogP) is 3.59. The topological polar surface area (TPSA) is 56.8 Å². The number of carbonyl (C=O) groups excluding carboxylic acids is 1. The standard InChI is InChI=1S/C22H31NO4/c1-25-18-7-14(8-19(26-2)21(18)27-3)9-20(24)23-13-22-10-15-4-16(11-22)6-17(5-15)12-22/h7-8,15-17H,4-6,9-13H2,1-3H3,(H,23,24). The van der Waals surface area contributed by atoms with E-state index in [1.807, 2.05) is 12.1 Å². The SMILES string of the molecule is COc1cc(CC(=O)NCC23CC4CC(CC(C4)C2)C3)cc(OC)c1OC.